The minimum absolute atomic E-state index is 0.0599. The molecule has 1 amide bonds. The van der Waals surface area contributed by atoms with Crippen molar-refractivity contribution in [2.24, 2.45) is 0 Å². The molecule has 0 aliphatic heterocycles. The van der Waals surface area contributed by atoms with Crippen LogP contribution in [-0.4, -0.2) is 26.9 Å². The molecule has 3 rings (SSSR count). The van der Waals surface area contributed by atoms with Crippen LogP contribution in [0, 0.1) is 13.8 Å². The van der Waals surface area contributed by atoms with E-state index in [1.165, 1.54) is 0 Å². The van der Waals surface area contributed by atoms with Crippen molar-refractivity contribution in [2.45, 2.75) is 55.4 Å². The van der Waals surface area contributed by atoms with Gasteiger partial charge >= 0.3 is 0 Å². The number of aryl methyl sites for hydroxylation is 1. The van der Waals surface area contributed by atoms with E-state index >= 15 is 0 Å². The fourth-order valence-electron chi connectivity index (χ4n) is 3.54. The Morgan fingerprint density at radius 2 is 1.74 bits per heavy atom. The molecule has 5 nitrogen and oxygen atoms in total. The maximum absolute atomic E-state index is 13.0. The lowest BCUT2D eigenvalue weighted by Gasteiger charge is -2.16. The predicted octanol–water partition coefficient (Wildman–Crippen LogP) is 3.61. The van der Waals surface area contributed by atoms with Crippen LogP contribution in [0.5, 0.6) is 0 Å². The first-order valence-corrected chi connectivity index (χ1v) is 10.8. The van der Waals surface area contributed by atoms with Crippen LogP contribution in [0.3, 0.4) is 0 Å². The lowest BCUT2D eigenvalue weighted by Crippen LogP contribution is -2.36. The van der Waals surface area contributed by atoms with Gasteiger partial charge in [0.1, 0.15) is 0 Å². The molecule has 2 aromatic carbocycles. The van der Waals surface area contributed by atoms with Gasteiger partial charge in [0.05, 0.1) is 16.3 Å². The third kappa shape index (κ3) is 4.50. The van der Waals surface area contributed by atoms with E-state index in [-0.39, 0.29) is 28.3 Å². The van der Waals surface area contributed by atoms with E-state index in [2.05, 4.69) is 10.6 Å². The van der Waals surface area contributed by atoms with Gasteiger partial charge in [-0.05, 0) is 62.1 Å². The molecule has 6 heteroatoms. The summed E-state index contributed by atoms with van der Waals surface area (Å²) in [5.41, 5.74) is 2.12. The Labute approximate surface area is 161 Å². The van der Waals surface area contributed by atoms with Crippen LogP contribution in [0.4, 0.5) is 5.69 Å². The Morgan fingerprint density at radius 3 is 2.41 bits per heavy atom. The third-order valence-electron chi connectivity index (χ3n) is 5.01. The summed E-state index contributed by atoms with van der Waals surface area (Å²) in [4.78, 5) is 12.7. The van der Waals surface area contributed by atoms with Gasteiger partial charge in [-0.3, -0.25) is 4.79 Å². The molecule has 1 fully saturated rings. The fraction of sp³-hybridized carbons (Fsp3) is 0.381. The van der Waals surface area contributed by atoms with Crippen molar-refractivity contribution in [3.05, 3.63) is 53.6 Å². The largest absolute Gasteiger partial charge is 0.376 e. The number of anilines is 1. The summed E-state index contributed by atoms with van der Waals surface area (Å²) in [6, 6.07) is 12.2. The van der Waals surface area contributed by atoms with Gasteiger partial charge in [0, 0.05) is 11.7 Å². The standard InChI is InChI=1S/C21H26N2O3S/c1-15-12-19(22-14-21(24)23-17-8-6-7-9-17)16(2)20(13-15)27(25,26)18-10-4-3-5-11-18/h3-5,10-13,17,22H,6-9,14H2,1-2H3,(H,23,24). The zero-order valence-electron chi connectivity index (χ0n) is 15.8. The van der Waals surface area contributed by atoms with Crippen molar-refractivity contribution in [3.8, 4) is 0 Å². The predicted molar refractivity (Wildman–Crippen MR) is 107 cm³/mol. The SMILES string of the molecule is Cc1cc(NCC(=O)NC2CCCC2)c(C)c(S(=O)(=O)c2ccccc2)c1. The molecule has 0 bridgehead atoms. The first-order valence-electron chi connectivity index (χ1n) is 9.32. The van der Waals surface area contributed by atoms with Crippen LogP contribution in [0.2, 0.25) is 0 Å². The van der Waals surface area contributed by atoms with Crippen LogP contribution >= 0.6 is 0 Å². The molecular formula is C21H26N2O3S. The summed E-state index contributed by atoms with van der Waals surface area (Å²) in [6.45, 7) is 3.76. The number of benzene rings is 2. The van der Waals surface area contributed by atoms with E-state index in [0.29, 0.717) is 11.3 Å². The van der Waals surface area contributed by atoms with Crippen LogP contribution < -0.4 is 10.6 Å². The van der Waals surface area contributed by atoms with Gasteiger partial charge < -0.3 is 10.6 Å². The van der Waals surface area contributed by atoms with Gasteiger partial charge in [0.2, 0.25) is 15.7 Å². The Hall–Kier alpha value is -2.34. The Morgan fingerprint density at radius 1 is 1.07 bits per heavy atom. The second-order valence-electron chi connectivity index (χ2n) is 7.15. The van der Waals surface area contributed by atoms with Crippen molar-refractivity contribution >= 4 is 21.4 Å². The number of sulfone groups is 1. The van der Waals surface area contributed by atoms with Gasteiger partial charge in [-0.15, -0.1) is 0 Å². The van der Waals surface area contributed by atoms with Gasteiger partial charge in [0.25, 0.3) is 0 Å². The number of amides is 1. The van der Waals surface area contributed by atoms with Crippen molar-refractivity contribution < 1.29 is 13.2 Å². The minimum atomic E-state index is -3.61. The van der Waals surface area contributed by atoms with Crippen molar-refractivity contribution in [1.82, 2.24) is 5.32 Å². The monoisotopic (exact) mass is 386 g/mol. The average Bonchev–Trinajstić information content (AvgIpc) is 3.15. The molecule has 1 saturated carbocycles. The minimum Gasteiger partial charge on any atom is -0.376 e. The van der Waals surface area contributed by atoms with Crippen LogP contribution in [0.25, 0.3) is 0 Å². The molecule has 2 aromatic rings. The second-order valence-corrected chi connectivity index (χ2v) is 9.07. The quantitative estimate of drug-likeness (QED) is 0.795. The Balaban J connectivity index is 1.80. The highest BCUT2D eigenvalue weighted by atomic mass is 32.2. The maximum Gasteiger partial charge on any atom is 0.239 e. The topological polar surface area (TPSA) is 75.3 Å². The summed E-state index contributed by atoms with van der Waals surface area (Å²) in [6.07, 6.45) is 4.40. The maximum atomic E-state index is 13.0. The molecule has 1 aliphatic rings. The highest BCUT2D eigenvalue weighted by Crippen LogP contribution is 2.29. The summed E-state index contributed by atoms with van der Waals surface area (Å²) in [7, 11) is -3.61. The van der Waals surface area contributed by atoms with E-state index < -0.39 is 9.84 Å². The first kappa shape index (κ1) is 19.4. The Kier molecular flexibility index (Phi) is 5.85. The first-order chi connectivity index (χ1) is 12.9. The molecule has 0 unspecified atom stereocenters. The summed E-state index contributed by atoms with van der Waals surface area (Å²) in [5.74, 6) is -0.0599. The lowest BCUT2D eigenvalue weighted by atomic mass is 10.1. The molecule has 0 atom stereocenters. The van der Waals surface area contributed by atoms with E-state index in [9.17, 15) is 13.2 Å². The van der Waals surface area contributed by atoms with Gasteiger partial charge in [-0.1, -0.05) is 31.0 Å². The number of nitrogens with one attached hydrogen (secondary N) is 2. The number of carbonyl (C=O) groups excluding carboxylic acids is 1. The number of hydrogen-bond donors (Lipinski definition) is 2. The van der Waals surface area contributed by atoms with E-state index in [4.69, 9.17) is 0 Å². The molecule has 2 N–H and O–H groups in total. The van der Waals surface area contributed by atoms with Crippen molar-refractivity contribution in [3.63, 3.8) is 0 Å². The van der Waals surface area contributed by atoms with E-state index in [0.717, 1.165) is 31.2 Å². The number of rotatable bonds is 6. The second kappa shape index (κ2) is 8.13. The fourth-order valence-corrected chi connectivity index (χ4v) is 5.16. The van der Waals surface area contributed by atoms with Gasteiger partial charge in [-0.2, -0.15) is 0 Å². The summed E-state index contributed by atoms with van der Waals surface area (Å²) in [5, 5.41) is 6.15. The number of carbonyl (C=O) groups is 1. The smallest absolute Gasteiger partial charge is 0.239 e. The number of hydrogen-bond acceptors (Lipinski definition) is 4. The molecule has 0 heterocycles. The van der Waals surface area contributed by atoms with Crippen LogP contribution in [0.1, 0.15) is 36.8 Å². The van der Waals surface area contributed by atoms with Crippen molar-refractivity contribution in [2.75, 3.05) is 11.9 Å². The van der Waals surface area contributed by atoms with E-state index in [1.54, 1.807) is 43.3 Å². The molecule has 144 valence electrons. The summed E-state index contributed by atoms with van der Waals surface area (Å²) >= 11 is 0. The zero-order valence-corrected chi connectivity index (χ0v) is 16.6. The van der Waals surface area contributed by atoms with Gasteiger partial charge in [0.15, 0.2) is 0 Å². The van der Waals surface area contributed by atoms with Crippen molar-refractivity contribution in [1.29, 1.82) is 0 Å². The van der Waals surface area contributed by atoms with E-state index in [1.807, 2.05) is 13.0 Å². The molecule has 0 saturated heterocycles. The molecule has 0 aromatic heterocycles. The third-order valence-corrected chi connectivity index (χ3v) is 6.90. The molecular weight excluding hydrogens is 360 g/mol. The molecule has 27 heavy (non-hydrogen) atoms. The van der Waals surface area contributed by atoms with Crippen LogP contribution in [0.15, 0.2) is 52.3 Å². The normalized spacial score (nSPS) is 14.9. The highest BCUT2D eigenvalue weighted by molar-refractivity contribution is 7.91. The molecule has 1 aliphatic carbocycles. The highest BCUT2D eigenvalue weighted by Gasteiger charge is 2.22. The van der Waals surface area contributed by atoms with Gasteiger partial charge in [-0.25, -0.2) is 8.42 Å². The summed E-state index contributed by atoms with van der Waals surface area (Å²) < 4.78 is 26.0. The van der Waals surface area contributed by atoms with Crippen LogP contribution in [-0.2, 0) is 14.6 Å². The molecule has 0 radical (unpaired) electrons. The lowest BCUT2D eigenvalue weighted by molar-refractivity contribution is -0.120. The molecule has 0 spiro atoms. The zero-order chi connectivity index (χ0) is 19.4. The average molecular weight is 387 g/mol. The Bertz CT molecular complexity index is 918.